The van der Waals surface area contributed by atoms with Crippen molar-refractivity contribution in [3.63, 3.8) is 0 Å². The van der Waals surface area contributed by atoms with E-state index in [4.69, 9.17) is 11.6 Å². The number of carbonyl (C=O) groups is 2. The smallest absolute Gasteiger partial charge is 0.328 e. The number of ether oxygens (including phenoxy) is 1. The zero-order valence-electron chi connectivity index (χ0n) is 14.1. The van der Waals surface area contributed by atoms with Crippen LogP contribution in [0.1, 0.15) is 23.3 Å². The molecule has 1 amide bonds. The maximum atomic E-state index is 13.8. The Morgan fingerprint density at radius 1 is 1.37 bits per heavy atom. The van der Waals surface area contributed by atoms with Gasteiger partial charge in [0.15, 0.2) is 0 Å². The summed E-state index contributed by atoms with van der Waals surface area (Å²) < 4.78 is 19.1. The van der Waals surface area contributed by atoms with Crippen LogP contribution in [-0.4, -0.2) is 28.5 Å². The second-order valence-electron chi connectivity index (χ2n) is 5.36. The van der Waals surface area contributed by atoms with Crippen LogP contribution < -0.4 is 10.9 Å². The van der Waals surface area contributed by atoms with E-state index in [9.17, 15) is 28.9 Å². The van der Waals surface area contributed by atoms with E-state index in [2.05, 4.69) is 10.1 Å². The number of methoxy groups -OCH3 is 1. The first kappa shape index (κ1) is 20.0. The van der Waals surface area contributed by atoms with Gasteiger partial charge in [-0.3, -0.25) is 24.3 Å². The number of aromatic nitrogens is 1. The number of esters is 1. The van der Waals surface area contributed by atoms with E-state index in [0.29, 0.717) is 0 Å². The van der Waals surface area contributed by atoms with Crippen LogP contribution in [0.3, 0.4) is 0 Å². The van der Waals surface area contributed by atoms with Crippen molar-refractivity contribution >= 4 is 34.9 Å². The zero-order valence-corrected chi connectivity index (χ0v) is 14.8. The van der Waals surface area contributed by atoms with Crippen LogP contribution in [0.15, 0.2) is 35.3 Å². The number of carbonyl (C=O) groups excluding carboxylic acids is 2. The number of pyridine rings is 1. The van der Waals surface area contributed by atoms with Gasteiger partial charge in [0.25, 0.3) is 17.2 Å². The molecule has 2 rings (SSSR count). The first-order chi connectivity index (χ1) is 12.6. The van der Waals surface area contributed by atoms with Crippen LogP contribution >= 0.6 is 11.6 Å². The molecule has 2 aromatic rings. The maximum absolute atomic E-state index is 13.8. The van der Waals surface area contributed by atoms with E-state index >= 15 is 0 Å². The first-order valence-corrected chi connectivity index (χ1v) is 7.78. The highest BCUT2D eigenvalue weighted by atomic mass is 35.5. The number of hydrogen-bond acceptors (Lipinski definition) is 6. The summed E-state index contributed by atoms with van der Waals surface area (Å²) in [5.41, 5.74) is -1.74. The fourth-order valence-electron chi connectivity index (χ4n) is 2.22. The number of amides is 1. The molecule has 27 heavy (non-hydrogen) atoms. The lowest BCUT2D eigenvalue weighted by Gasteiger charge is -2.14. The highest BCUT2D eigenvalue weighted by Gasteiger charge is 2.21. The van der Waals surface area contributed by atoms with Crippen molar-refractivity contribution < 1.29 is 23.6 Å². The predicted molar refractivity (Wildman–Crippen MR) is 93.4 cm³/mol. The third kappa shape index (κ3) is 4.29. The van der Waals surface area contributed by atoms with Crippen LogP contribution in [-0.2, 0) is 9.53 Å². The molecule has 0 radical (unpaired) electrons. The third-order valence-corrected chi connectivity index (χ3v) is 3.93. The number of benzene rings is 1. The number of halogens is 2. The van der Waals surface area contributed by atoms with E-state index < -0.39 is 45.6 Å². The Kier molecular flexibility index (Phi) is 5.91. The van der Waals surface area contributed by atoms with Gasteiger partial charge >= 0.3 is 5.97 Å². The molecule has 0 aliphatic heterocycles. The Balaban J connectivity index is 2.37. The molecule has 1 aromatic heterocycles. The van der Waals surface area contributed by atoms with E-state index in [1.807, 2.05) is 0 Å². The molecule has 1 heterocycles. The van der Waals surface area contributed by atoms with Crippen molar-refractivity contribution in [3.05, 3.63) is 67.3 Å². The summed E-state index contributed by atoms with van der Waals surface area (Å²) in [5.74, 6) is -2.49. The number of nitrogens with zero attached hydrogens (tertiary/aromatic N) is 2. The lowest BCUT2D eigenvalue weighted by molar-refractivity contribution is -0.384. The maximum Gasteiger partial charge on any atom is 0.328 e. The Bertz CT molecular complexity index is 991. The van der Waals surface area contributed by atoms with Gasteiger partial charge < -0.3 is 10.1 Å². The van der Waals surface area contributed by atoms with Crippen LogP contribution in [0, 0.1) is 15.9 Å². The molecule has 1 N–H and O–H groups in total. The molecule has 0 saturated carbocycles. The summed E-state index contributed by atoms with van der Waals surface area (Å²) >= 11 is 5.75. The highest BCUT2D eigenvalue weighted by Crippen LogP contribution is 2.25. The number of hydrogen-bond donors (Lipinski definition) is 1. The molecule has 0 spiro atoms. The molecule has 11 heteroatoms. The van der Waals surface area contributed by atoms with Crippen LogP contribution in [0.2, 0.25) is 5.02 Å². The van der Waals surface area contributed by atoms with Crippen molar-refractivity contribution in [2.24, 2.45) is 0 Å². The second-order valence-corrected chi connectivity index (χ2v) is 5.77. The van der Waals surface area contributed by atoms with Crippen molar-refractivity contribution in [3.8, 4) is 0 Å². The number of nitro benzene ring substituents is 1. The topological polar surface area (TPSA) is 121 Å². The van der Waals surface area contributed by atoms with Gasteiger partial charge in [-0.2, -0.15) is 0 Å². The Hall–Kier alpha value is -3.27. The second kappa shape index (κ2) is 7.96. The number of rotatable bonds is 5. The van der Waals surface area contributed by atoms with Gasteiger partial charge in [0.1, 0.15) is 22.6 Å². The lowest BCUT2D eigenvalue weighted by Crippen LogP contribution is -2.31. The standard InChI is InChI=1S/C16H13ClFN3O6/c1-8(16(24)27-2)20-7-10(18)6-12(15(20)23)19-14(22)9-3-4-13(21(25)26)11(17)5-9/h3-8H,1-2H3,(H,19,22). The average Bonchev–Trinajstić information content (AvgIpc) is 2.62. The van der Waals surface area contributed by atoms with Gasteiger partial charge in [0.2, 0.25) is 0 Å². The van der Waals surface area contributed by atoms with Crippen LogP contribution in [0.4, 0.5) is 15.8 Å². The molecular formula is C16H13ClFN3O6. The Labute approximate surface area is 156 Å². The molecule has 1 unspecified atom stereocenters. The molecule has 0 bridgehead atoms. The molecule has 0 saturated heterocycles. The Morgan fingerprint density at radius 2 is 2.04 bits per heavy atom. The molecule has 1 atom stereocenters. The van der Waals surface area contributed by atoms with E-state index in [1.54, 1.807) is 0 Å². The summed E-state index contributed by atoms with van der Waals surface area (Å²) in [6, 6.07) is 2.87. The summed E-state index contributed by atoms with van der Waals surface area (Å²) in [4.78, 5) is 46.3. The minimum absolute atomic E-state index is 0.0816. The van der Waals surface area contributed by atoms with E-state index in [1.165, 1.54) is 6.92 Å². The third-order valence-electron chi connectivity index (χ3n) is 3.62. The molecule has 1 aromatic carbocycles. The average molecular weight is 398 g/mol. The summed E-state index contributed by atoms with van der Waals surface area (Å²) in [6.45, 7) is 1.33. The molecule has 9 nitrogen and oxygen atoms in total. The molecule has 0 aliphatic rings. The summed E-state index contributed by atoms with van der Waals surface area (Å²) in [7, 11) is 1.12. The van der Waals surface area contributed by atoms with E-state index in [0.717, 1.165) is 42.1 Å². The molecular weight excluding hydrogens is 385 g/mol. The van der Waals surface area contributed by atoms with Gasteiger partial charge in [-0.25, -0.2) is 9.18 Å². The van der Waals surface area contributed by atoms with Crippen molar-refractivity contribution in [1.82, 2.24) is 4.57 Å². The van der Waals surface area contributed by atoms with Gasteiger partial charge in [0, 0.05) is 23.9 Å². The zero-order chi connectivity index (χ0) is 20.3. The van der Waals surface area contributed by atoms with Crippen molar-refractivity contribution in [2.45, 2.75) is 13.0 Å². The van der Waals surface area contributed by atoms with Gasteiger partial charge in [-0.05, 0) is 19.1 Å². The SMILES string of the molecule is COC(=O)C(C)n1cc(F)cc(NC(=O)c2ccc([N+](=O)[O-])c(Cl)c2)c1=O. The van der Waals surface area contributed by atoms with E-state index in [-0.39, 0.29) is 10.6 Å². The highest BCUT2D eigenvalue weighted by molar-refractivity contribution is 6.33. The predicted octanol–water partition coefficient (Wildman–Crippen LogP) is 2.54. The van der Waals surface area contributed by atoms with Gasteiger partial charge in [-0.1, -0.05) is 11.6 Å². The monoisotopic (exact) mass is 397 g/mol. The molecule has 142 valence electrons. The fourth-order valence-corrected chi connectivity index (χ4v) is 2.47. The lowest BCUT2D eigenvalue weighted by atomic mass is 10.2. The van der Waals surface area contributed by atoms with Crippen molar-refractivity contribution in [2.75, 3.05) is 12.4 Å². The Morgan fingerprint density at radius 3 is 2.59 bits per heavy atom. The minimum Gasteiger partial charge on any atom is -0.467 e. The minimum atomic E-state index is -1.12. The quantitative estimate of drug-likeness (QED) is 0.470. The normalized spacial score (nSPS) is 11.6. The summed E-state index contributed by atoms with van der Waals surface area (Å²) in [6.07, 6.45) is 0.808. The van der Waals surface area contributed by atoms with Gasteiger partial charge in [0.05, 0.1) is 12.0 Å². The fraction of sp³-hybridized carbons (Fsp3) is 0.188. The number of nitrogens with one attached hydrogen (secondary N) is 1. The van der Waals surface area contributed by atoms with Gasteiger partial charge in [-0.15, -0.1) is 0 Å². The largest absolute Gasteiger partial charge is 0.467 e. The molecule has 0 fully saturated rings. The number of nitro groups is 1. The van der Waals surface area contributed by atoms with Crippen LogP contribution in [0.5, 0.6) is 0 Å². The van der Waals surface area contributed by atoms with Crippen LogP contribution in [0.25, 0.3) is 0 Å². The number of anilines is 1. The summed E-state index contributed by atoms with van der Waals surface area (Å²) in [5, 5.41) is 12.7. The molecule has 0 aliphatic carbocycles. The van der Waals surface area contributed by atoms with Crippen molar-refractivity contribution in [1.29, 1.82) is 0 Å². The first-order valence-electron chi connectivity index (χ1n) is 7.40.